The zero-order valence-electron chi connectivity index (χ0n) is 16.2. The molecule has 1 unspecified atom stereocenters. The number of rotatable bonds is 7. The molecule has 1 aliphatic rings. The maximum atomic E-state index is 12.6. The van der Waals surface area contributed by atoms with Crippen molar-refractivity contribution in [2.75, 3.05) is 0 Å². The topological polar surface area (TPSA) is 88.8 Å². The molecule has 1 heterocycles. The molecule has 1 fully saturated rings. The third-order valence-electron chi connectivity index (χ3n) is 5.10. The maximum Gasteiger partial charge on any atom is 0.324 e. The van der Waals surface area contributed by atoms with Crippen molar-refractivity contribution < 1.29 is 23.8 Å². The summed E-state index contributed by atoms with van der Waals surface area (Å²) >= 11 is 0. The van der Waals surface area contributed by atoms with Gasteiger partial charge >= 0.3 is 11.9 Å². The highest BCUT2D eigenvalue weighted by Crippen LogP contribution is 2.19. The van der Waals surface area contributed by atoms with Crippen LogP contribution in [0.1, 0.15) is 82.8 Å². The van der Waals surface area contributed by atoms with Gasteiger partial charge in [-0.2, -0.15) is 0 Å². The highest BCUT2D eigenvalue weighted by molar-refractivity contribution is 5.82. The number of nitrogens with one attached hydrogen (secondary N) is 1. The largest absolute Gasteiger partial charge is 0.481 e. The first-order valence-electron chi connectivity index (χ1n) is 10.3. The molecule has 0 bridgehead atoms. The van der Waals surface area contributed by atoms with Crippen LogP contribution in [0, 0.1) is 0 Å². The number of carbonyl (C=O) groups excluding carboxylic acids is 1. The van der Waals surface area contributed by atoms with E-state index in [2.05, 4.69) is 5.32 Å². The normalized spacial score (nSPS) is 18.8. The minimum atomic E-state index is -1.03. The van der Waals surface area contributed by atoms with Gasteiger partial charge in [0, 0.05) is 0 Å². The minimum Gasteiger partial charge on any atom is -0.481 e. The third kappa shape index (κ3) is 9.09. The van der Waals surface area contributed by atoms with Crippen molar-refractivity contribution >= 4 is 11.9 Å². The zero-order chi connectivity index (χ0) is 19.3. The van der Waals surface area contributed by atoms with Crippen LogP contribution in [0.4, 0.5) is 0 Å². The standard InChI is InChI=1S/C21H33NO5/c23-20(24)15-19(22-16-18-13-10-14-26-18)21(25)27-17-11-8-6-4-2-1-3-5-7-9-12-17/h10,13-14,17,19,22H,1-9,11-12,15-16H2,(H,23,24). The molecule has 0 spiro atoms. The maximum absolute atomic E-state index is 12.6. The number of ether oxygens (including phenoxy) is 1. The number of carbonyl (C=O) groups is 2. The van der Waals surface area contributed by atoms with Gasteiger partial charge in [-0.05, 0) is 37.8 Å². The van der Waals surface area contributed by atoms with Crippen molar-refractivity contribution in [1.82, 2.24) is 5.32 Å². The molecule has 1 saturated carbocycles. The number of hydrogen-bond acceptors (Lipinski definition) is 5. The lowest BCUT2D eigenvalue weighted by molar-refractivity contribution is -0.155. The van der Waals surface area contributed by atoms with Crippen LogP contribution >= 0.6 is 0 Å². The van der Waals surface area contributed by atoms with Crippen molar-refractivity contribution in [3.05, 3.63) is 24.2 Å². The zero-order valence-corrected chi connectivity index (χ0v) is 16.2. The van der Waals surface area contributed by atoms with Gasteiger partial charge in [-0.15, -0.1) is 0 Å². The average molecular weight is 379 g/mol. The van der Waals surface area contributed by atoms with Crippen LogP contribution in [0.5, 0.6) is 0 Å². The van der Waals surface area contributed by atoms with Crippen molar-refractivity contribution in [3.8, 4) is 0 Å². The lowest BCUT2D eigenvalue weighted by Gasteiger charge is -2.22. The quantitative estimate of drug-likeness (QED) is 0.681. The summed E-state index contributed by atoms with van der Waals surface area (Å²) in [4.78, 5) is 23.8. The predicted octanol–water partition coefficient (Wildman–Crippen LogP) is 4.43. The molecule has 1 aromatic rings. The van der Waals surface area contributed by atoms with Gasteiger partial charge < -0.3 is 14.3 Å². The second-order valence-electron chi connectivity index (χ2n) is 7.43. The van der Waals surface area contributed by atoms with Gasteiger partial charge in [0.25, 0.3) is 0 Å². The third-order valence-corrected chi connectivity index (χ3v) is 5.10. The summed E-state index contributed by atoms with van der Waals surface area (Å²) in [5.41, 5.74) is 0. The first kappa shape index (κ1) is 21.5. The van der Waals surface area contributed by atoms with Gasteiger partial charge in [0.2, 0.25) is 0 Å². The summed E-state index contributed by atoms with van der Waals surface area (Å²) in [6.07, 6.45) is 13.7. The molecule has 2 rings (SSSR count). The SMILES string of the molecule is O=C(O)CC(NCc1ccco1)C(=O)OC1CCCCCCCCCCC1. The Morgan fingerprint density at radius 3 is 2.19 bits per heavy atom. The predicted molar refractivity (Wildman–Crippen MR) is 102 cm³/mol. The van der Waals surface area contributed by atoms with E-state index in [4.69, 9.17) is 14.3 Å². The van der Waals surface area contributed by atoms with Crippen LogP contribution in [0.3, 0.4) is 0 Å². The van der Waals surface area contributed by atoms with E-state index in [9.17, 15) is 9.59 Å². The van der Waals surface area contributed by atoms with Crippen molar-refractivity contribution in [2.45, 2.75) is 95.7 Å². The molecule has 1 atom stereocenters. The molecule has 1 aromatic heterocycles. The Kier molecular flexibility index (Phi) is 9.98. The number of aliphatic carboxylic acids is 1. The fraction of sp³-hybridized carbons (Fsp3) is 0.714. The Hall–Kier alpha value is -1.82. The van der Waals surface area contributed by atoms with Gasteiger partial charge in [0.1, 0.15) is 17.9 Å². The highest BCUT2D eigenvalue weighted by Gasteiger charge is 2.26. The molecular weight excluding hydrogens is 346 g/mol. The summed E-state index contributed by atoms with van der Waals surface area (Å²) in [7, 11) is 0. The average Bonchev–Trinajstić information content (AvgIpc) is 3.14. The summed E-state index contributed by atoms with van der Waals surface area (Å²) in [6.45, 7) is 0.296. The molecule has 0 amide bonds. The first-order chi connectivity index (χ1) is 13.1. The van der Waals surface area contributed by atoms with Crippen LogP contribution in [0.25, 0.3) is 0 Å². The van der Waals surface area contributed by atoms with Crippen LogP contribution in [0.15, 0.2) is 22.8 Å². The Balaban J connectivity index is 1.87. The van der Waals surface area contributed by atoms with E-state index in [-0.39, 0.29) is 12.5 Å². The van der Waals surface area contributed by atoms with Crippen molar-refractivity contribution in [3.63, 3.8) is 0 Å². The number of hydrogen-bond donors (Lipinski definition) is 2. The van der Waals surface area contributed by atoms with Crippen LogP contribution in [0.2, 0.25) is 0 Å². The fourth-order valence-corrected chi connectivity index (χ4v) is 3.54. The molecule has 152 valence electrons. The van der Waals surface area contributed by atoms with E-state index in [1.165, 1.54) is 44.9 Å². The number of carboxylic acids is 1. The number of esters is 1. The van der Waals surface area contributed by atoms with E-state index < -0.39 is 18.0 Å². The highest BCUT2D eigenvalue weighted by atomic mass is 16.5. The van der Waals surface area contributed by atoms with E-state index in [0.29, 0.717) is 12.3 Å². The molecule has 2 N–H and O–H groups in total. The fourth-order valence-electron chi connectivity index (χ4n) is 3.54. The molecular formula is C21H33NO5. The minimum absolute atomic E-state index is 0.112. The Bertz CT molecular complexity index is 531. The van der Waals surface area contributed by atoms with Gasteiger partial charge in [0.05, 0.1) is 19.2 Å². The van der Waals surface area contributed by atoms with Crippen molar-refractivity contribution in [1.29, 1.82) is 0 Å². The van der Waals surface area contributed by atoms with E-state index in [0.717, 1.165) is 25.7 Å². The Morgan fingerprint density at radius 2 is 1.67 bits per heavy atom. The van der Waals surface area contributed by atoms with E-state index >= 15 is 0 Å². The van der Waals surface area contributed by atoms with Crippen LogP contribution in [-0.2, 0) is 20.9 Å². The molecule has 6 heteroatoms. The molecule has 0 radical (unpaired) electrons. The second-order valence-corrected chi connectivity index (χ2v) is 7.43. The lowest BCUT2D eigenvalue weighted by atomic mass is 9.99. The van der Waals surface area contributed by atoms with Gasteiger partial charge in [-0.1, -0.05) is 44.9 Å². The van der Waals surface area contributed by atoms with E-state index in [1.807, 2.05) is 0 Å². The molecule has 0 saturated heterocycles. The molecule has 0 aromatic carbocycles. The Labute approximate surface area is 161 Å². The van der Waals surface area contributed by atoms with Gasteiger partial charge in [-0.3, -0.25) is 14.9 Å². The number of furan rings is 1. The summed E-state index contributed by atoms with van der Waals surface area (Å²) < 4.78 is 11.0. The van der Waals surface area contributed by atoms with Crippen LogP contribution in [-0.4, -0.2) is 29.2 Å². The summed E-state index contributed by atoms with van der Waals surface area (Å²) in [5.74, 6) is -0.840. The second kappa shape index (κ2) is 12.5. The van der Waals surface area contributed by atoms with Crippen molar-refractivity contribution in [2.24, 2.45) is 0 Å². The number of carboxylic acid groups (broad SMARTS) is 1. The molecule has 1 aliphatic carbocycles. The molecule has 27 heavy (non-hydrogen) atoms. The summed E-state index contributed by atoms with van der Waals surface area (Å²) in [5, 5.41) is 12.1. The first-order valence-corrected chi connectivity index (χ1v) is 10.3. The Morgan fingerprint density at radius 1 is 1.07 bits per heavy atom. The smallest absolute Gasteiger partial charge is 0.324 e. The van der Waals surface area contributed by atoms with Gasteiger partial charge in [-0.25, -0.2) is 0 Å². The molecule has 0 aliphatic heterocycles. The monoisotopic (exact) mass is 379 g/mol. The van der Waals surface area contributed by atoms with Gasteiger partial charge in [0.15, 0.2) is 0 Å². The summed E-state index contributed by atoms with van der Waals surface area (Å²) in [6, 6.07) is 2.67. The lowest BCUT2D eigenvalue weighted by Crippen LogP contribution is -2.41. The van der Waals surface area contributed by atoms with E-state index in [1.54, 1.807) is 18.4 Å². The molecule has 6 nitrogen and oxygen atoms in total. The van der Waals surface area contributed by atoms with Crippen LogP contribution < -0.4 is 5.32 Å².